The summed E-state index contributed by atoms with van der Waals surface area (Å²) >= 11 is 1.84. The van der Waals surface area contributed by atoms with Gasteiger partial charge in [0.25, 0.3) is 0 Å². The molecule has 0 N–H and O–H groups in total. The van der Waals surface area contributed by atoms with Crippen molar-refractivity contribution in [3.63, 3.8) is 0 Å². The lowest BCUT2D eigenvalue weighted by Gasteiger charge is -2.32. The molecule has 0 aliphatic carbocycles. The minimum atomic E-state index is 1.16. The van der Waals surface area contributed by atoms with Gasteiger partial charge in [-0.15, -0.1) is 0 Å². The monoisotopic (exact) mass is 555 g/mol. The molecule has 1 aliphatic heterocycles. The highest BCUT2D eigenvalue weighted by Crippen LogP contribution is 2.52. The Hall–Kier alpha value is -5.19. The van der Waals surface area contributed by atoms with E-state index in [0.717, 1.165) is 17.1 Å². The Bertz CT molecular complexity index is 2230. The summed E-state index contributed by atoms with van der Waals surface area (Å²) in [6.45, 7) is 0. The zero-order valence-corrected chi connectivity index (χ0v) is 23.5. The molecule has 0 saturated heterocycles. The van der Waals surface area contributed by atoms with Gasteiger partial charge in [-0.2, -0.15) is 0 Å². The number of nitrogens with zero attached hydrogens (tertiary/aromatic N) is 3. The summed E-state index contributed by atoms with van der Waals surface area (Å²) in [7, 11) is 0. The Labute approximate surface area is 247 Å². The smallest absolute Gasteiger partial charge is 0.0788 e. The molecule has 0 radical (unpaired) electrons. The Balaban J connectivity index is 1.38. The third-order valence-corrected chi connectivity index (χ3v) is 9.43. The Morgan fingerprint density at radius 2 is 1.10 bits per heavy atom. The molecule has 0 atom stereocenters. The van der Waals surface area contributed by atoms with Crippen molar-refractivity contribution in [1.29, 1.82) is 0 Å². The first kappa shape index (κ1) is 23.5. The molecule has 198 valence electrons. The van der Waals surface area contributed by atoms with Crippen LogP contribution in [0.1, 0.15) is 0 Å². The summed E-state index contributed by atoms with van der Waals surface area (Å²) < 4.78 is 4.76. The first-order valence-electron chi connectivity index (χ1n) is 14.2. The van der Waals surface area contributed by atoms with Crippen molar-refractivity contribution in [3.05, 3.63) is 152 Å². The molecule has 3 nitrogen and oxygen atoms in total. The zero-order valence-electron chi connectivity index (χ0n) is 22.7. The van der Waals surface area contributed by atoms with Gasteiger partial charge in [0.05, 0.1) is 27.9 Å². The van der Waals surface area contributed by atoms with E-state index in [1.54, 1.807) is 0 Å². The first-order valence-corrected chi connectivity index (χ1v) is 15.0. The summed E-state index contributed by atoms with van der Waals surface area (Å²) in [5.41, 5.74) is 9.53. The molecule has 0 spiro atoms. The highest BCUT2D eigenvalue weighted by molar-refractivity contribution is 7.99. The second-order valence-electron chi connectivity index (χ2n) is 10.7. The minimum absolute atomic E-state index is 1.16. The van der Waals surface area contributed by atoms with Crippen LogP contribution in [-0.4, -0.2) is 9.13 Å². The van der Waals surface area contributed by atoms with E-state index in [0.29, 0.717) is 0 Å². The van der Waals surface area contributed by atoms with E-state index in [-0.39, 0.29) is 0 Å². The van der Waals surface area contributed by atoms with Gasteiger partial charge in [0, 0.05) is 49.2 Å². The van der Waals surface area contributed by atoms with Crippen LogP contribution in [0.5, 0.6) is 0 Å². The van der Waals surface area contributed by atoms with Gasteiger partial charge < -0.3 is 14.0 Å². The Kier molecular flexibility index (Phi) is 5.13. The van der Waals surface area contributed by atoms with E-state index in [2.05, 4.69) is 166 Å². The molecule has 0 bridgehead atoms. The standard InChI is InChI=1S/C38H25N3S/c1-3-11-27(12-4-1)39-24-23-26-19-21-30-31-25-29(20-22-32(31)41(38(30)37(26)39)28-13-5-2-6-14-28)40-33-15-7-9-17-35(33)42-36-18-10-8-16-34(36)40/h1-25H. The fourth-order valence-electron chi connectivity index (χ4n) is 6.48. The highest BCUT2D eigenvalue weighted by Gasteiger charge is 2.25. The lowest BCUT2D eigenvalue weighted by atomic mass is 10.1. The number of hydrogen-bond donors (Lipinski definition) is 0. The molecule has 9 rings (SSSR count). The number of rotatable bonds is 3. The van der Waals surface area contributed by atoms with Gasteiger partial charge in [-0.25, -0.2) is 0 Å². The van der Waals surface area contributed by atoms with Gasteiger partial charge in [-0.1, -0.05) is 84.6 Å². The van der Waals surface area contributed by atoms with Gasteiger partial charge in [0.2, 0.25) is 0 Å². The summed E-state index contributed by atoms with van der Waals surface area (Å²) in [4.78, 5) is 4.95. The molecule has 8 aromatic rings. The SMILES string of the molecule is c1ccc(-n2ccc3ccc4c5cc(N6c7ccccc7Sc7ccccc76)ccc5n(-c5ccccc5)c4c32)cc1. The number of hydrogen-bond acceptors (Lipinski definition) is 2. The van der Waals surface area contributed by atoms with E-state index in [4.69, 9.17) is 0 Å². The molecular formula is C38H25N3S. The van der Waals surface area contributed by atoms with Crippen molar-refractivity contribution in [2.45, 2.75) is 9.79 Å². The van der Waals surface area contributed by atoms with Crippen molar-refractivity contribution in [2.24, 2.45) is 0 Å². The van der Waals surface area contributed by atoms with Crippen LogP contribution >= 0.6 is 11.8 Å². The molecule has 4 heteroatoms. The van der Waals surface area contributed by atoms with Crippen molar-refractivity contribution in [3.8, 4) is 11.4 Å². The van der Waals surface area contributed by atoms with Gasteiger partial charge in [-0.3, -0.25) is 0 Å². The van der Waals surface area contributed by atoms with E-state index in [1.165, 1.54) is 53.9 Å². The summed E-state index contributed by atoms with van der Waals surface area (Å²) in [6.07, 6.45) is 2.19. The fraction of sp³-hybridized carbons (Fsp3) is 0. The summed E-state index contributed by atoms with van der Waals surface area (Å²) in [6, 6.07) is 52.5. The number of para-hydroxylation sites is 4. The molecule has 2 aromatic heterocycles. The second-order valence-corrected chi connectivity index (χ2v) is 11.7. The van der Waals surface area contributed by atoms with Crippen LogP contribution in [-0.2, 0) is 0 Å². The maximum absolute atomic E-state index is 2.43. The van der Waals surface area contributed by atoms with Crippen molar-refractivity contribution in [2.75, 3.05) is 4.90 Å². The molecule has 0 fully saturated rings. The van der Waals surface area contributed by atoms with E-state index >= 15 is 0 Å². The lowest BCUT2D eigenvalue weighted by Crippen LogP contribution is -2.14. The third kappa shape index (κ3) is 3.42. The minimum Gasteiger partial charge on any atom is -0.315 e. The molecule has 0 unspecified atom stereocenters. The van der Waals surface area contributed by atoms with Crippen molar-refractivity contribution in [1.82, 2.24) is 9.13 Å². The van der Waals surface area contributed by atoms with Crippen LogP contribution in [0.4, 0.5) is 17.1 Å². The Morgan fingerprint density at radius 1 is 0.452 bits per heavy atom. The van der Waals surface area contributed by atoms with E-state index in [1.807, 2.05) is 11.8 Å². The average Bonchev–Trinajstić information content (AvgIpc) is 3.63. The molecule has 3 heterocycles. The highest BCUT2D eigenvalue weighted by atomic mass is 32.2. The number of fused-ring (bicyclic) bond motifs is 7. The van der Waals surface area contributed by atoms with Crippen LogP contribution < -0.4 is 4.90 Å². The van der Waals surface area contributed by atoms with Crippen molar-refractivity contribution < 1.29 is 0 Å². The first-order chi connectivity index (χ1) is 20.8. The summed E-state index contributed by atoms with van der Waals surface area (Å²) in [5.74, 6) is 0. The van der Waals surface area contributed by atoms with Gasteiger partial charge in [-0.05, 0) is 72.8 Å². The van der Waals surface area contributed by atoms with Crippen LogP contribution in [0.2, 0.25) is 0 Å². The largest absolute Gasteiger partial charge is 0.315 e. The molecule has 0 amide bonds. The van der Waals surface area contributed by atoms with Gasteiger partial charge in [0.15, 0.2) is 0 Å². The maximum Gasteiger partial charge on any atom is 0.0788 e. The van der Waals surface area contributed by atoms with Crippen LogP contribution in [0.25, 0.3) is 44.1 Å². The van der Waals surface area contributed by atoms with Crippen molar-refractivity contribution >= 4 is 61.5 Å². The number of anilines is 3. The fourth-order valence-corrected chi connectivity index (χ4v) is 7.54. The maximum atomic E-state index is 2.43. The predicted octanol–water partition coefficient (Wildman–Crippen LogP) is 10.7. The van der Waals surface area contributed by atoms with Gasteiger partial charge >= 0.3 is 0 Å². The van der Waals surface area contributed by atoms with Gasteiger partial charge in [0.1, 0.15) is 0 Å². The van der Waals surface area contributed by atoms with Crippen LogP contribution in [0.3, 0.4) is 0 Å². The average molecular weight is 556 g/mol. The lowest BCUT2D eigenvalue weighted by molar-refractivity contribution is 1.11. The molecule has 1 aliphatic rings. The zero-order chi connectivity index (χ0) is 27.6. The van der Waals surface area contributed by atoms with Crippen LogP contribution in [0.15, 0.2) is 162 Å². The summed E-state index contributed by atoms with van der Waals surface area (Å²) in [5, 5.41) is 3.71. The molecular weight excluding hydrogens is 531 g/mol. The number of benzene rings is 6. The normalized spacial score (nSPS) is 12.6. The predicted molar refractivity (Wildman–Crippen MR) is 176 cm³/mol. The number of aromatic nitrogens is 2. The Morgan fingerprint density at radius 3 is 1.81 bits per heavy atom. The second kappa shape index (κ2) is 9.16. The molecule has 42 heavy (non-hydrogen) atoms. The quantitative estimate of drug-likeness (QED) is 0.215. The topological polar surface area (TPSA) is 13.1 Å². The van der Waals surface area contributed by atoms with E-state index < -0.39 is 0 Å². The molecule has 6 aromatic carbocycles. The van der Waals surface area contributed by atoms with E-state index in [9.17, 15) is 0 Å². The van der Waals surface area contributed by atoms with Crippen LogP contribution in [0, 0.1) is 0 Å². The molecule has 0 saturated carbocycles. The third-order valence-electron chi connectivity index (χ3n) is 8.30.